The molecule has 0 unspecified atom stereocenters. The largest absolute Gasteiger partial charge is 0.490 e. The van der Waals surface area contributed by atoms with E-state index in [0.717, 1.165) is 0 Å². The first-order valence-electron chi connectivity index (χ1n) is 4.68. The minimum Gasteiger partial charge on any atom is -0.490 e. The number of nitro groups is 1. The highest BCUT2D eigenvalue weighted by atomic mass is 16.6. The van der Waals surface area contributed by atoms with Crippen molar-refractivity contribution in [3.8, 4) is 5.75 Å². The third-order valence-corrected chi connectivity index (χ3v) is 2.16. The van der Waals surface area contributed by atoms with Gasteiger partial charge in [-0.15, -0.1) is 0 Å². The molecule has 0 saturated carbocycles. The third-order valence-electron chi connectivity index (χ3n) is 2.16. The van der Waals surface area contributed by atoms with E-state index >= 15 is 0 Å². The number of nitrogens with zero attached hydrogens (tertiary/aromatic N) is 1. The van der Waals surface area contributed by atoms with Crippen LogP contribution in [0.25, 0.3) is 0 Å². The maximum absolute atomic E-state index is 10.9. The average molecular weight is 241 g/mol. The van der Waals surface area contributed by atoms with E-state index < -0.39 is 29.1 Å². The van der Waals surface area contributed by atoms with Crippen LogP contribution >= 0.6 is 0 Å². The molecule has 0 heterocycles. The predicted molar refractivity (Wildman–Crippen MR) is 56.9 cm³/mol. The Hall–Kier alpha value is -2.15. The lowest BCUT2D eigenvalue weighted by atomic mass is 10.0. The van der Waals surface area contributed by atoms with Gasteiger partial charge < -0.3 is 14.9 Å². The second-order valence-electron chi connectivity index (χ2n) is 3.27. The van der Waals surface area contributed by atoms with E-state index in [1.807, 2.05) is 0 Å². The lowest BCUT2D eigenvalue weighted by Gasteiger charge is -2.10. The number of rotatable bonds is 5. The molecule has 0 amide bonds. The summed E-state index contributed by atoms with van der Waals surface area (Å²) < 4.78 is 4.80. The first-order chi connectivity index (χ1) is 7.97. The lowest BCUT2D eigenvalue weighted by Crippen LogP contribution is -2.08. The standard InChI is InChI=1S/C10H11NO6/c1-17-8-4-2-3-6(10(8)11(15)16)7(12)5-9(13)14/h2-4,7,12H,5H2,1H3,(H,13,14)/t7-/m1/s1. The van der Waals surface area contributed by atoms with Gasteiger partial charge in [0.05, 0.1) is 30.1 Å². The number of hydrogen-bond acceptors (Lipinski definition) is 5. The van der Waals surface area contributed by atoms with E-state index in [1.165, 1.54) is 25.3 Å². The number of hydrogen-bond donors (Lipinski definition) is 2. The molecule has 17 heavy (non-hydrogen) atoms. The Kier molecular flexibility index (Phi) is 4.00. The zero-order chi connectivity index (χ0) is 13.0. The number of ether oxygens (including phenoxy) is 1. The number of methoxy groups -OCH3 is 1. The van der Waals surface area contributed by atoms with Crippen molar-refractivity contribution >= 4 is 11.7 Å². The first kappa shape index (κ1) is 12.9. The van der Waals surface area contributed by atoms with E-state index in [-0.39, 0.29) is 11.3 Å². The topological polar surface area (TPSA) is 110 Å². The van der Waals surface area contributed by atoms with Crippen molar-refractivity contribution in [2.24, 2.45) is 0 Å². The average Bonchev–Trinajstić information content (AvgIpc) is 2.26. The molecule has 7 heteroatoms. The molecule has 7 nitrogen and oxygen atoms in total. The molecule has 0 aliphatic carbocycles. The first-order valence-corrected chi connectivity index (χ1v) is 4.68. The summed E-state index contributed by atoms with van der Waals surface area (Å²) in [5.41, 5.74) is -0.486. The van der Waals surface area contributed by atoms with E-state index in [9.17, 15) is 20.0 Å². The minimum absolute atomic E-state index is 0.0167. The van der Waals surface area contributed by atoms with Gasteiger partial charge in [0.25, 0.3) is 0 Å². The zero-order valence-corrected chi connectivity index (χ0v) is 8.99. The number of carboxylic acid groups (broad SMARTS) is 1. The van der Waals surface area contributed by atoms with Crippen LogP contribution in [-0.4, -0.2) is 28.2 Å². The van der Waals surface area contributed by atoms with Gasteiger partial charge in [0, 0.05) is 0 Å². The molecule has 1 aromatic carbocycles. The fourth-order valence-corrected chi connectivity index (χ4v) is 1.44. The SMILES string of the molecule is COc1cccc([C@H](O)CC(=O)O)c1[N+](=O)[O-]. The van der Waals surface area contributed by atoms with Crippen molar-refractivity contribution in [1.29, 1.82) is 0 Å². The Morgan fingerprint density at radius 3 is 2.71 bits per heavy atom. The number of aliphatic carboxylic acids is 1. The quantitative estimate of drug-likeness (QED) is 0.590. The predicted octanol–water partition coefficient (Wildman–Crippen LogP) is 1.11. The van der Waals surface area contributed by atoms with Gasteiger partial charge in [0.2, 0.25) is 0 Å². The van der Waals surface area contributed by atoms with Crippen LogP contribution in [0.4, 0.5) is 5.69 Å². The second kappa shape index (κ2) is 5.26. The van der Waals surface area contributed by atoms with E-state index in [0.29, 0.717) is 0 Å². The molecule has 92 valence electrons. The maximum Gasteiger partial charge on any atom is 0.316 e. The van der Waals surface area contributed by atoms with Gasteiger partial charge in [-0.25, -0.2) is 0 Å². The molecule has 0 radical (unpaired) electrons. The van der Waals surface area contributed by atoms with Crippen LogP contribution in [0.15, 0.2) is 18.2 Å². The molecule has 0 saturated heterocycles. The summed E-state index contributed by atoms with van der Waals surface area (Å²) in [4.78, 5) is 20.6. The Balaban J connectivity index is 3.22. The molecule has 1 rings (SSSR count). The molecule has 1 aromatic rings. The summed E-state index contributed by atoms with van der Waals surface area (Å²) in [5, 5.41) is 29.0. The molecule has 0 aliphatic rings. The van der Waals surface area contributed by atoms with Crippen LogP contribution in [0.2, 0.25) is 0 Å². The number of carboxylic acids is 1. The molecule has 2 N–H and O–H groups in total. The Labute approximate surface area is 96.4 Å². The summed E-state index contributed by atoms with van der Waals surface area (Å²) in [7, 11) is 1.26. The number of para-hydroxylation sites is 1. The summed E-state index contributed by atoms with van der Waals surface area (Å²) in [6, 6.07) is 4.12. The van der Waals surface area contributed by atoms with Crippen molar-refractivity contribution in [2.45, 2.75) is 12.5 Å². The Morgan fingerprint density at radius 2 is 2.24 bits per heavy atom. The third kappa shape index (κ3) is 2.91. The van der Waals surface area contributed by atoms with Crippen molar-refractivity contribution in [3.05, 3.63) is 33.9 Å². The number of aliphatic hydroxyl groups excluding tert-OH is 1. The van der Waals surface area contributed by atoms with Gasteiger partial charge >= 0.3 is 11.7 Å². The summed E-state index contributed by atoms with van der Waals surface area (Å²) in [6.07, 6.45) is -2.04. The summed E-state index contributed by atoms with van der Waals surface area (Å²) in [5.74, 6) is -1.26. The van der Waals surface area contributed by atoms with Gasteiger partial charge in [-0.05, 0) is 12.1 Å². The highest BCUT2D eigenvalue weighted by molar-refractivity contribution is 5.68. The Morgan fingerprint density at radius 1 is 1.59 bits per heavy atom. The smallest absolute Gasteiger partial charge is 0.316 e. The molecule has 0 fully saturated rings. The zero-order valence-electron chi connectivity index (χ0n) is 8.99. The van der Waals surface area contributed by atoms with Crippen LogP contribution < -0.4 is 4.74 Å². The number of nitro benzene ring substituents is 1. The van der Waals surface area contributed by atoms with Gasteiger partial charge in [0.15, 0.2) is 5.75 Å². The minimum atomic E-state index is -1.44. The molecular weight excluding hydrogens is 230 g/mol. The number of aliphatic hydroxyl groups is 1. The monoisotopic (exact) mass is 241 g/mol. The number of benzene rings is 1. The van der Waals surface area contributed by atoms with Crippen LogP contribution in [-0.2, 0) is 4.79 Å². The molecule has 0 bridgehead atoms. The number of carbonyl (C=O) groups is 1. The molecule has 0 aromatic heterocycles. The van der Waals surface area contributed by atoms with Crippen LogP contribution in [0, 0.1) is 10.1 Å². The van der Waals surface area contributed by atoms with Crippen molar-refractivity contribution < 1.29 is 24.7 Å². The lowest BCUT2D eigenvalue weighted by molar-refractivity contribution is -0.387. The van der Waals surface area contributed by atoms with Gasteiger partial charge in [-0.2, -0.15) is 0 Å². The highest BCUT2D eigenvalue weighted by Gasteiger charge is 2.26. The van der Waals surface area contributed by atoms with Crippen LogP contribution in [0.3, 0.4) is 0 Å². The van der Waals surface area contributed by atoms with Gasteiger partial charge in [-0.1, -0.05) is 6.07 Å². The molecule has 0 spiro atoms. The van der Waals surface area contributed by atoms with Crippen molar-refractivity contribution in [1.82, 2.24) is 0 Å². The normalized spacial score (nSPS) is 11.9. The van der Waals surface area contributed by atoms with Crippen molar-refractivity contribution in [3.63, 3.8) is 0 Å². The van der Waals surface area contributed by atoms with Crippen molar-refractivity contribution in [2.75, 3.05) is 7.11 Å². The molecule has 0 aliphatic heterocycles. The molecular formula is C10H11NO6. The van der Waals surface area contributed by atoms with E-state index in [2.05, 4.69) is 0 Å². The summed E-state index contributed by atoms with van der Waals surface area (Å²) in [6.45, 7) is 0. The highest BCUT2D eigenvalue weighted by Crippen LogP contribution is 2.35. The van der Waals surface area contributed by atoms with Gasteiger partial charge in [-0.3, -0.25) is 14.9 Å². The Bertz CT molecular complexity index is 444. The second-order valence-corrected chi connectivity index (χ2v) is 3.27. The van der Waals surface area contributed by atoms with Gasteiger partial charge in [0.1, 0.15) is 0 Å². The van der Waals surface area contributed by atoms with Crippen LogP contribution in [0.1, 0.15) is 18.1 Å². The van der Waals surface area contributed by atoms with E-state index in [4.69, 9.17) is 9.84 Å². The molecule has 1 atom stereocenters. The fourth-order valence-electron chi connectivity index (χ4n) is 1.44. The fraction of sp³-hybridized carbons (Fsp3) is 0.300. The van der Waals surface area contributed by atoms with Crippen LogP contribution in [0.5, 0.6) is 5.75 Å². The summed E-state index contributed by atoms with van der Waals surface area (Å²) >= 11 is 0. The van der Waals surface area contributed by atoms with E-state index in [1.54, 1.807) is 0 Å². The maximum atomic E-state index is 10.9.